The van der Waals surface area contributed by atoms with E-state index >= 15 is 0 Å². The topological polar surface area (TPSA) is 60.7 Å². The predicted octanol–water partition coefficient (Wildman–Crippen LogP) is 2.81. The molecule has 1 atom stereocenters. The van der Waals surface area contributed by atoms with Crippen molar-refractivity contribution in [2.45, 2.75) is 6.10 Å². The summed E-state index contributed by atoms with van der Waals surface area (Å²) in [7, 11) is 3.21. The van der Waals surface area contributed by atoms with Crippen molar-refractivity contribution in [1.82, 2.24) is 5.32 Å². The average Bonchev–Trinajstić information content (AvgIpc) is 3.07. The highest BCUT2D eigenvalue weighted by Gasteiger charge is 2.15. The fourth-order valence-electron chi connectivity index (χ4n) is 2.05. The van der Waals surface area contributed by atoms with Gasteiger partial charge in [0.1, 0.15) is 17.6 Å². The standard InChI is InChI=1S/C17H19NO4/c1-20-15-8-4-3-7-14(15)16(21-2)12-18-17(19)10-9-13-6-5-11-22-13/h3-11,16H,12H2,1-2H3,(H,18,19)/b10-9+/t16-/m1/s1. The first kappa shape index (κ1) is 15.9. The summed E-state index contributed by atoms with van der Waals surface area (Å²) in [5.74, 6) is 1.14. The second kappa shape index (κ2) is 8.05. The first-order valence-electron chi connectivity index (χ1n) is 6.89. The summed E-state index contributed by atoms with van der Waals surface area (Å²) in [6, 6.07) is 11.1. The summed E-state index contributed by atoms with van der Waals surface area (Å²) in [5.41, 5.74) is 0.891. The van der Waals surface area contributed by atoms with Gasteiger partial charge in [0.05, 0.1) is 13.4 Å². The van der Waals surface area contributed by atoms with Crippen molar-refractivity contribution in [2.24, 2.45) is 0 Å². The first-order chi connectivity index (χ1) is 10.7. The molecule has 0 saturated carbocycles. The van der Waals surface area contributed by atoms with Gasteiger partial charge in [-0.3, -0.25) is 4.79 Å². The maximum absolute atomic E-state index is 11.8. The van der Waals surface area contributed by atoms with Crippen molar-refractivity contribution in [3.05, 3.63) is 60.1 Å². The van der Waals surface area contributed by atoms with E-state index in [2.05, 4.69) is 5.32 Å². The molecule has 5 nitrogen and oxygen atoms in total. The molecule has 0 saturated heterocycles. The van der Waals surface area contributed by atoms with Gasteiger partial charge in [0.2, 0.25) is 5.91 Å². The number of rotatable bonds is 7. The Morgan fingerprint density at radius 2 is 2.09 bits per heavy atom. The van der Waals surface area contributed by atoms with Gasteiger partial charge in [0, 0.05) is 25.3 Å². The predicted molar refractivity (Wildman–Crippen MR) is 83.5 cm³/mol. The molecule has 2 rings (SSSR count). The van der Waals surface area contributed by atoms with E-state index in [1.54, 1.807) is 38.7 Å². The van der Waals surface area contributed by atoms with E-state index in [0.717, 1.165) is 11.3 Å². The molecule has 0 unspecified atom stereocenters. The van der Waals surface area contributed by atoms with Crippen LogP contribution in [0.4, 0.5) is 0 Å². The number of benzene rings is 1. The quantitative estimate of drug-likeness (QED) is 0.799. The minimum atomic E-state index is -0.280. The number of para-hydroxylation sites is 1. The third kappa shape index (κ3) is 4.23. The van der Waals surface area contributed by atoms with Gasteiger partial charge < -0.3 is 19.2 Å². The summed E-state index contributed by atoms with van der Waals surface area (Å²) >= 11 is 0. The van der Waals surface area contributed by atoms with E-state index in [1.165, 1.54) is 6.08 Å². The molecule has 1 N–H and O–H groups in total. The second-order valence-corrected chi connectivity index (χ2v) is 4.56. The van der Waals surface area contributed by atoms with Crippen LogP contribution in [0.15, 0.2) is 53.2 Å². The highest BCUT2D eigenvalue weighted by Crippen LogP contribution is 2.26. The van der Waals surface area contributed by atoms with Crippen LogP contribution in [0, 0.1) is 0 Å². The average molecular weight is 301 g/mol. The summed E-state index contributed by atoms with van der Waals surface area (Å²) in [6.07, 6.45) is 4.31. The lowest BCUT2D eigenvalue weighted by Gasteiger charge is -2.18. The lowest BCUT2D eigenvalue weighted by molar-refractivity contribution is -0.117. The third-order valence-corrected chi connectivity index (χ3v) is 3.17. The zero-order valence-corrected chi connectivity index (χ0v) is 12.6. The van der Waals surface area contributed by atoms with Gasteiger partial charge >= 0.3 is 0 Å². The number of ether oxygens (including phenoxy) is 2. The van der Waals surface area contributed by atoms with Gasteiger partial charge in [0.15, 0.2) is 0 Å². The van der Waals surface area contributed by atoms with Gasteiger partial charge in [0.25, 0.3) is 0 Å². The molecule has 1 heterocycles. The lowest BCUT2D eigenvalue weighted by atomic mass is 10.1. The molecular formula is C17H19NO4. The molecule has 1 aromatic heterocycles. The molecule has 0 aliphatic heterocycles. The number of amides is 1. The van der Waals surface area contributed by atoms with E-state index in [4.69, 9.17) is 13.9 Å². The fraction of sp³-hybridized carbons (Fsp3) is 0.235. The van der Waals surface area contributed by atoms with Gasteiger partial charge in [-0.25, -0.2) is 0 Å². The number of carbonyl (C=O) groups excluding carboxylic acids is 1. The minimum absolute atomic E-state index is 0.214. The molecule has 116 valence electrons. The number of methoxy groups -OCH3 is 2. The van der Waals surface area contributed by atoms with Gasteiger partial charge in [-0.15, -0.1) is 0 Å². The molecule has 22 heavy (non-hydrogen) atoms. The maximum Gasteiger partial charge on any atom is 0.244 e. The van der Waals surface area contributed by atoms with E-state index in [0.29, 0.717) is 12.3 Å². The molecular weight excluding hydrogens is 282 g/mol. The lowest BCUT2D eigenvalue weighted by Crippen LogP contribution is -2.27. The minimum Gasteiger partial charge on any atom is -0.496 e. The fourth-order valence-corrected chi connectivity index (χ4v) is 2.05. The SMILES string of the molecule is COc1ccccc1[C@@H](CNC(=O)/C=C/c1ccco1)OC. The third-order valence-electron chi connectivity index (χ3n) is 3.17. The van der Waals surface area contributed by atoms with Gasteiger partial charge in [-0.2, -0.15) is 0 Å². The van der Waals surface area contributed by atoms with Crippen molar-refractivity contribution >= 4 is 12.0 Å². The summed E-state index contributed by atoms with van der Waals surface area (Å²) in [4.78, 5) is 11.8. The van der Waals surface area contributed by atoms with Crippen LogP contribution in [0.3, 0.4) is 0 Å². The summed E-state index contributed by atoms with van der Waals surface area (Å²) in [5, 5.41) is 2.80. The monoisotopic (exact) mass is 301 g/mol. The van der Waals surface area contributed by atoms with Gasteiger partial charge in [-0.1, -0.05) is 18.2 Å². The molecule has 5 heteroatoms. The number of nitrogens with one attached hydrogen (secondary N) is 1. The van der Waals surface area contributed by atoms with E-state index < -0.39 is 0 Å². The Bertz CT molecular complexity index is 619. The molecule has 1 amide bonds. The van der Waals surface area contributed by atoms with Crippen molar-refractivity contribution in [1.29, 1.82) is 0 Å². The van der Waals surface area contributed by atoms with Gasteiger partial charge in [-0.05, 0) is 24.3 Å². The Kier molecular flexibility index (Phi) is 5.80. The van der Waals surface area contributed by atoms with Crippen LogP contribution < -0.4 is 10.1 Å². The van der Waals surface area contributed by atoms with E-state index in [-0.39, 0.29) is 12.0 Å². The Balaban J connectivity index is 1.94. The van der Waals surface area contributed by atoms with Crippen LogP contribution in [0.1, 0.15) is 17.4 Å². The number of hydrogen-bond donors (Lipinski definition) is 1. The van der Waals surface area contributed by atoms with Crippen molar-refractivity contribution < 1.29 is 18.7 Å². The molecule has 0 spiro atoms. The highest BCUT2D eigenvalue weighted by molar-refractivity contribution is 5.91. The molecule has 0 aliphatic carbocycles. The molecule has 0 aliphatic rings. The smallest absolute Gasteiger partial charge is 0.244 e. The first-order valence-corrected chi connectivity index (χ1v) is 6.89. The number of hydrogen-bond acceptors (Lipinski definition) is 4. The van der Waals surface area contributed by atoms with E-state index in [9.17, 15) is 4.79 Å². The molecule has 0 fully saturated rings. The molecule has 0 radical (unpaired) electrons. The van der Waals surface area contributed by atoms with Crippen molar-refractivity contribution in [3.8, 4) is 5.75 Å². The van der Waals surface area contributed by atoms with Crippen molar-refractivity contribution in [3.63, 3.8) is 0 Å². The largest absolute Gasteiger partial charge is 0.496 e. The molecule has 1 aromatic carbocycles. The summed E-state index contributed by atoms with van der Waals surface area (Å²) < 4.78 is 15.9. The van der Waals surface area contributed by atoms with Crippen LogP contribution >= 0.6 is 0 Å². The van der Waals surface area contributed by atoms with Crippen LogP contribution in [-0.2, 0) is 9.53 Å². The summed E-state index contributed by atoms with van der Waals surface area (Å²) in [6.45, 7) is 0.345. The Labute approximate surface area is 129 Å². The van der Waals surface area contributed by atoms with Crippen LogP contribution in [0.25, 0.3) is 6.08 Å². The number of carbonyl (C=O) groups is 1. The van der Waals surface area contributed by atoms with Crippen LogP contribution in [0.5, 0.6) is 5.75 Å². The van der Waals surface area contributed by atoms with E-state index in [1.807, 2.05) is 24.3 Å². The normalized spacial score (nSPS) is 12.3. The molecule has 0 bridgehead atoms. The molecule has 2 aromatic rings. The Morgan fingerprint density at radius 1 is 1.27 bits per heavy atom. The Morgan fingerprint density at radius 3 is 2.77 bits per heavy atom. The van der Waals surface area contributed by atoms with Crippen molar-refractivity contribution in [2.75, 3.05) is 20.8 Å². The van der Waals surface area contributed by atoms with Crippen LogP contribution in [-0.4, -0.2) is 26.7 Å². The second-order valence-electron chi connectivity index (χ2n) is 4.56. The highest BCUT2D eigenvalue weighted by atomic mass is 16.5. The Hall–Kier alpha value is -2.53. The zero-order valence-electron chi connectivity index (χ0n) is 12.6. The zero-order chi connectivity index (χ0) is 15.8. The number of furan rings is 1. The maximum atomic E-state index is 11.8. The van der Waals surface area contributed by atoms with Crippen LogP contribution in [0.2, 0.25) is 0 Å².